The van der Waals surface area contributed by atoms with Gasteiger partial charge >= 0.3 is 0 Å². The van der Waals surface area contributed by atoms with Crippen molar-refractivity contribution in [2.24, 2.45) is 0 Å². The van der Waals surface area contributed by atoms with Crippen LogP contribution in [0.1, 0.15) is 37.9 Å². The van der Waals surface area contributed by atoms with Gasteiger partial charge in [-0.3, -0.25) is 14.4 Å². The molecule has 2 N–H and O–H groups in total. The Bertz CT molecular complexity index is 1770. The molecule has 8 nitrogen and oxygen atoms in total. The number of carbonyl (C=O) groups excluding carboxylic acids is 3. The van der Waals surface area contributed by atoms with E-state index in [-0.39, 0.29) is 21.8 Å². The molecule has 186 valence electrons. The lowest BCUT2D eigenvalue weighted by Crippen LogP contribution is -2.24. The number of pyridine rings is 1. The molecule has 2 amide bonds. The third-order valence-corrected chi connectivity index (χ3v) is 6.70. The second-order valence-corrected chi connectivity index (χ2v) is 9.09. The smallest absolute Gasteiger partial charge is 0.296 e. The molecule has 0 bridgehead atoms. The normalized spacial score (nSPS) is 14.3. The van der Waals surface area contributed by atoms with Gasteiger partial charge in [0.1, 0.15) is 12.1 Å². The zero-order valence-electron chi connectivity index (χ0n) is 19.5. The van der Waals surface area contributed by atoms with Crippen LogP contribution in [0.15, 0.2) is 85.3 Å². The van der Waals surface area contributed by atoms with Gasteiger partial charge in [0.15, 0.2) is 5.65 Å². The maximum atomic E-state index is 14.2. The van der Waals surface area contributed by atoms with Crippen LogP contribution in [0, 0.1) is 5.82 Å². The molecule has 0 radical (unpaired) electrons. The molecule has 1 aliphatic rings. The van der Waals surface area contributed by atoms with Crippen molar-refractivity contribution in [3.05, 3.63) is 118 Å². The second kappa shape index (κ2) is 9.20. The molecular weight excluding hydrogens is 509 g/mol. The number of nitrogens with one attached hydrogen (secondary N) is 2. The third-order valence-electron chi connectivity index (χ3n) is 6.36. The van der Waals surface area contributed by atoms with Gasteiger partial charge in [-0.25, -0.2) is 13.9 Å². The number of Topliss-reactive ketones (excluding diaryl/α,β-unsaturated/α-hetero) is 1. The number of halogens is 2. The molecular formula is C28H17ClFN5O3. The fraction of sp³-hybridized carbons (Fsp3) is 0.0357. The van der Waals surface area contributed by atoms with E-state index in [1.807, 2.05) is 0 Å². The summed E-state index contributed by atoms with van der Waals surface area (Å²) in [5.41, 5.74) is 3.30. The zero-order chi connectivity index (χ0) is 26.4. The number of aromatic nitrogens is 3. The average Bonchev–Trinajstić information content (AvgIpc) is 3.54. The summed E-state index contributed by atoms with van der Waals surface area (Å²) in [4.78, 5) is 43.2. The first-order valence-corrected chi connectivity index (χ1v) is 11.9. The number of nitrogens with zero attached hydrogens (tertiary/aromatic N) is 3. The van der Waals surface area contributed by atoms with Crippen LogP contribution in [0.3, 0.4) is 0 Å². The van der Waals surface area contributed by atoms with Crippen molar-refractivity contribution in [1.29, 1.82) is 0 Å². The lowest BCUT2D eigenvalue weighted by molar-refractivity contribution is -0.112. The van der Waals surface area contributed by atoms with Gasteiger partial charge in [0.25, 0.3) is 17.6 Å². The highest BCUT2D eigenvalue weighted by atomic mass is 35.5. The number of hydrogen-bond acceptors (Lipinski definition) is 5. The van der Waals surface area contributed by atoms with E-state index in [4.69, 9.17) is 11.6 Å². The first kappa shape index (κ1) is 23.5. The van der Waals surface area contributed by atoms with Gasteiger partial charge in [-0.05, 0) is 48.0 Å². The summed E-state index contributed by atoms with van der Waals surface area (Å²) in [7, 11) is 0. The molecule has 0 aliphatic carbocycles. The van der Waals surface area contributed by atoms with E-state index in [0.29, 0.717) is 27.9 Å². The maximum absolute atomic E-state index is 14.2. The van der Waals surface area contributed by atoms with Gasteiger partial charge < -0.3 is 10.6 Å². The monoisotopic (exact) mass is 525 g/mol. The van der Waals surface area contributed by atoms with E-state index in [1.54, 1.807) is 53.2 Å². The summed E-state index contributed by atoms with van der Waals surface area (Å²) in [6, 6.07) is 18.0. The Morgan fingerprint density at radius 2 is 1.82 bits per heavy atom. The van der Waals surface area contributed by atoms with Crippen LogP contribution in [-0.2, 0) is 4.79 Å². The van der Waals surface area contributed by atoms with Gasteiger partial charge in [-0.2, -0.15) is 5.10 Å². The van der Waals surface area contributed by atoms with E-state index < -0.39 is 29.5 Å². The quantitative estimate of drug-likeness (QED) is 0.252. The van der Waals surface area contributed by atoms with Gasteiger partial charge in [-0.15, -0.1) is 0 Å². The van der Waals surface area contributed by atoms with E-state index in [1.165, 1.54) is 36.7 Å². The summed E-state index contributed by atoms with van der Waals surface area (Å²) in [6.45, 7) is 0. The van der Waals surface area contributed by atoms with Crippen LogP contribution in [0.5, 0.6) is 0 Å². The summed E-state index contributed by atoms with van der Waals surface area (Å²) >= 11 is 6.38. The van der Waals surface area contributed by atoms with E-state index in [9.17, 15) is 18.8 Å². The Labute approximate surface area is 220 Å². The molecule has 0 saturated heterocycles. The molecule has 1 aliphatic heterocycles. The maximum Gasteiger partial charge on any atom is 0.296 e. The van der Waals surface area contributed by atoms with E-state index in [2.05, 4.69) is 20.7 Å². The van der Waals surface area contributed by atoms with Crippen LogP contribution in [0.2, 0.25) is 5.02 Å². The second-order valence-electron chi connectivity index (χ2n) is 8.69. The zero-order valence-corrected chi connectivity index (χ0v) is 20.2. The number of rotatable bonds is 5. The van der Waals surface area contributed by atoms with Crippen LogP contribution in [-0.4, -0.2) is 32.2 Å². The fourth-order valence-electron chi connectivity index (χ4n) is 4.56. The first-order valence-electron chi connectivity index (χ1n) is 11.5. The predicted octanol–water partition coefficient (Wildman–Crippen LogP) is 4.84. The first-order chi connectivity index (χ1) is 18.4. The highest BCUT2D eigenvalue weighted by Crippen LogP contribution is 2.41. The molecule has 3 heterocycles. The average molecular weight is 526 g/mol. The van der Waals surface area contributed by atoms with Gasteiger partial charge in [-0.1, -0.05) is 41.9 Å². The fourth-order valence-corrected chi connectivity index (χ4v) is 4.79. The SMILES string of the molecule is O=C(Nc1cc(-c2ccc3ncnn3c2)cc2c1C(c1cc(F)ccc1Cl)NC2=O)C(=O)c1ccccc1. The minimum Gasteiger partial charge on any atom is -0.341 e. The van der Waals surface area contributed by atoms with Crippen molar-refractivity contribution in [1.82, 2.24) is 19.9 Å². The van der Waals surface area contributed by atoms with Crippen molar-refractivity contribution >= 4 is 40.5 Å². The molecule has 0 fully saturated rings. The highest BCUT2D eigenvalue weighted by Gasteiger charge is 2.35. The molecule has 5 aromatic rings. The molecule has 10 heteroatoms. The number of amides is 2. The predicted molar refractivity (Wildman–Crippen MR) is 139 cm³/mol. The molecule has 6 rings (SSSR count). The van der Waals surface area contributed by atoms with Gasteiger partial charge in [0.05, 0.1) is 6.04 Å². The molecule has 3 aromatic carbocycles. The minimum absolute atomic E-state index is 0.216. The van der Waals surface area contributed by atoms with Crippen LogP contribution in [0.4, 0.5) is 10.1 Å². The molecule has 0 spiro atoms. The molecule has 1 atom stereocenters. The summed E-state index contributed by atoms with van der Waals surface area (Å²) in [5, 5.41) is 9.90. The molecule has 1 unspecified atom stereocenters. The number of carbonyl (C=O) groups is 3. The van der Waals surface area contributed by atoms with Crippen molar-refractivity contribution in [2.45, 2.75) is 6.04 Å². The van der Waals surface area contributed by atoms with E-state index in [0.717, 1.165) is 0 Å². The van der Waals surface area contributed by atoms with Crippen LogP contribution >= 0.6 is 11.6 Å². The number of ketones is 1. The Morgan fingerprint density at radius 1 is 1.00 bits per heavy atom. The van der Waals surface area contributed by atoms with Crippen molar-refractivity contribution in [2.75, 3.05) is 5.32 Å². The molecule has 0 saturated carbocycles. The standard InChI is InChI=1S/C28H17ClFN5O3/c29-21-8-7-18(30)12-19(21)25-24-20(27(37)34-25)10-17(16-6-9-23-31-14-32-35(23)13-16)11-22(24)33-28(38)26(36)15-4-2-1-3-5-15/h1-14,25H,(H,33,38)(H,34,37). The largest absolute Gasteiger partial charge is 0.341 e. The lowest BCUT2D eigenvalue weighted by atomic mass is 9.93. The van der Waals surface area contributed by atoms with Crippen LogP contribution < -0.4 is 10.6 Å². The number of hydrogen-bond donors (Lipinski definition) is 2. The Balaban J connectivity index is 1.50. The number of benzene rings is 3. The van der Waals surface area contributed by atoms with Gasteiger partial charge in [0, 0.05) is 44.7 Å². The Hall–Kier alpha value is -4.89. The minimum atomic E-state index is -0.884. The summed E-state index contributed by atoms with van der Waals surface area (Å²) < 4.78 is 15.7. The highest BCUT2D eigenvalue weighted by molar-refractivity contribution is 6.46. The number of fused-ring (bicyclic) bond motifs is 2. The number of anilines is 1. The Kier molecular flexibility index (Phi) is 5.69. The molecule has 38 heavy (non-hydrogen) atoms. The van der Waals surface area contributed by atoms with Crippen molar-refractivity contribution < 1.29 is 18.8 Å². The van der Waals surface area contributed by atoms with E-state index >= 15 is 0 Å². The third kappa shape index (κ3) is 4.08. The Morgan fingerprint density at radius 3 is 2.63 bits per heavy atom. The molecule has 2 aromatic heterocycles. The topological polar surface area (TPSA) is 105 Å². The van der Waals surface area contributed by atoms with Crippen molar-refractivity contribution in [3.8, 4) is 11.1 Å². The van der Waals surface area contributed by atoms with Gasteiger partial charge in [0.2, 0.25) is 0 Å². The van der Waals surface area contributed by atoms with Crippen LogP contribution in [0.25, 0.3) is 16.8 Å². The van der Waals surface area contributed by atoms with Crippen molar-refractivity contribution in [3.63, 3.8) is 0 Å². The summed E-state index contributed by atoms with van der Waals surface area (Å²) in [6.07, 6.45) is 3.15. The lowest BCUT2D eigenvalue weighted by Gasteiger charge is -2.19. The summed E-state index contributed by atoms with van der Waals surface area (Å²) in [5.74, 6) is -2.59.